The van der Waals surface area contributed by atoms with Crippen LogP contribution in [0.4, 0.5) is 25.1 Å². The summed E-state index contributed by atoms with van der Waals surface area (Å²) < 4.78 is 27.7. The molecule has 0 bridgehead atoms. The summed E-state index contributed by atoms with van der Waals surface area (Å²) in [5, 5.41) is 5.01. The summed E-state index contributed by atoms with van der Waals surface area (Å²) >= 11 is 0. The smallest absolute Gasteiger partial charge is 0.320 e. The van der Waals surface area contributed by atoms with Gasteiger partial charge in [0.25, 0.3) is 5.91 Å². The monoisotopic (exact) mass is 455 g/mol. The van der Waals surface area contributed by atoms with Crippen molar-refractivity contribution in [1.82, 2.24) is 15.8 Å². The number of nitrogens with two attached hydrogens (primary N) is 1. The number of aromatic nitrogens is 1. The van der Waals surface area contributed by atoms with Crippen molar-refractivity contribution in [1.29, 1.82) is 0 Å². The number of hydrogen-bond acceptors (Lipinski definition) is 5. The van der Waals surface area contributed by atoms with Gasteiger partial charge in [0.05, 0.1) is 0 Å². The zero-order valence-corrected chi connectivity index (χ0v) is 18.0. The Bertz CT molecular complexity index is 1190. The zero-order chi connectivity index (χ0) is 24.0. The maximum absolute atomic E-state index is 14.0. The van der Waals surface area contributed by atoms with E-state index < -0.39 is 23.6 Å². The van der Waals surface area contributed by atoms with E-state index in [1.54, 1.807) is 30.3 Å². The highest BCUT2D eigenvalue weighted by Crippen LogP contribution is 2.22. The van der Waals surface area contributed by atoms with Crippen LogP contribution in [0.2, 0.25) is 0 Å². The largest absolute Gasteiger partial charge is 0.398 e. The molecule has 2 aromatic carbocycles. The first-order valence-corrected chi connectivity index (χ1v) is 9.96. The maximum Gasteiger partial charge on any atom is 0.320 e. The number of pyridine rings is 1. The lowest BCUT2D eigenvalue weighted by molar-refractivity contribution is 0.0221. The molecule has 33 heavy (non-hydrogen) atoms. The summed E-state index contributed by atoms with van der Waals surface area (Å²) in [5.74, 6) is -2.23. The van der Waals surface area contributed by atoms with Crippen molar-refractivity contribution in [3.05, 3.63) is 88.1 Å². The third kappa shape index (κ3) is 5.80. The molecule has 0 unspecified atom stereocenters. The van der Waals surface area contributed by atoms with Crippen molar-refractivity contribution in [2.75, 3.05) is 18.1 Å². The molecule has 8 nitrogen and oxygen atoms in total. The van der Waals surface area contributed by atoms with E-state index in [4.69, 9.17) is 10.6 Å². The fourth-order valence-electron chi connectivity index (χ4n) is 3.08. The Balaban J connectivity index is 1.73. The van der Waals surface area contributed by atoms with Gasteiger partial charge in [-0.2, -0.15) is 0 Å². The van der Waals surface area contributed by atoms with Crippen LogP contribution in [0.25, 0.3) is 0 Å². The molecule has 3 aromatic rings. The van der Waals surface area contributed by atoms with Gasteiger partial charge in [-0.1, -0.05) is 18.2 Å². The molecule has 0 aliphatic carbocycles. The molecule has 0 atom stereocenters. The van der Waals surface area contributed by atoms with Gasteiger partial charge < -0.3 is 11.1 Å². The van der Waals surface area contributed by atoms with Crippen molar-refractivity contribution in [2.24, 2.45) is 0 Å². The van der Waals surface area contributed by atoms with Crippen LogP contribution < -0.4 is 21.8 Å². The van der Waals surface area contributed by atoms with E-state index in [-0.39, 0.29) is 29.7 Å². The Labute approximate surface area is 189 Å². The van der Waals surface area contributed by atoms with Crippen molar-refractivity contribution in [3.8, 4) is 0 Å². The minimum atomic E-state index is -1.02. The molecule has 0 fully saturated rings. The van der Waals surface area contributed by atoms with E-state index in [0.717, 1.165) is 5.56 Å². The number of benzene rings is 2. The van der Waals surface area contributed by atoms with E-state index in [1.165, 1.54) is 32.3 Å². The molecule has 1 heterocycles. The van der Waals surface area contributed by atoms with E-state index in [9.17, 15) is 18.4 Å². The number of aryl methyl sites for hydroxylation is 1. The van der Waals surface area contributed by atoms with Crippen LogP contribution in [0.3, 0.4) is 0 Å². The number of nitrogen functional groups attached to an aromatic ring is 1. The number of carbonyl (C=O) groups is 2. The van der Waals surface area contributed by atoms with E-state index in [1.807, 2.05) is 0 Å². The number of carbonyl (C=O) groups excluding carboxylic acids is 2. The van der Waals surface area contributed by atoms with Crippen LogP contribution in [0.15, 0.2) is 48.7 Å². The molecular formula is C23H23F2N5O3. The molecule has 1 aromatic heterocycles. The molecule has 0 radical (unpaired) electrons. The number of anilines is 2. The molecule has 0 saturated carbocycles. The Morgan fingerprint density at radius 3 is 2.67 bits per heavy atom. The number of hydroxylamine groups is 1. The van der Waals surface area contributed by atoms with Crippen LogP contribution in [0.5, 0.6) is 0 Å². The molecule has 5 N–H and O–H groups in total. The van der Waals surface area contributed by atoms with Crippen LogP contribution in [-0.2, 0) is 17.9 Å². The highest BCUT2D eigenvalue weighted by atomic mass is 19.2. The summed E-state index contributed by atoms with van der Waals surface area (Å²) in [6.45, 7) is 1.10. The number of urea groups is 1. The Morgan fingerprint density at radius 2 is 1.91 bits per heavy atom. The van der Waals surface area contributed by atoms with Crippen LogP contribution in [0, 0.1) is 18.6 Å². The summed E-state index contributed by atoms with van der Waals surface area (Å²) in [6, 6.07) is 10.6. The summed E-state index contributed by atoms with van der Waals surface area (Å²) in [7, 11) is 1.49. The summed E-state index contributed by atoms with van der Waals surface area (Å²) in [4.78, 5) is 33.4. The fraction of sp³-hybridized carbons (Fsp3) is 0.174. The van der Waals surface area contributed by atoms with Crippen molar-refractivity contribution in [3.63, 3.8) is 0 Å². The van der Waals surface area contributed by atoms with Gasteiger partial charge >= 0.3 is 6.03 Å². The number of nitrogens with one attached hydrogen (secondary N) is 3. The van der Waals surface area contributed by atoms with Gasteiger partial charge in [-0.3, -0.25) is 14.9 Å². The van der Waals surface area contributed by atoms with Gasteiger partial charge in [-0.15, -0.1) is 0 Å². The number of amides is 3. The molecule has 172 valence electrons. The predicted octanol–water partition coefficient (Wildman–Crippen LogP) is 3.45. The van der Waals surface area contributed by atoms with Crippen LogP contribution in [0.1, 0.15) is 32.6 Å². The summed E-state index contributed by atoms with van der Waals surface area (Å²) in [5.41, 5.74) is 10.4. The summed E-state index contributed by atoms with van der Waals surface area (Å²) in [6.07, 6.45) is 1.80. The number of hydrogen-bond donors (Lipinski definition) is 4. The SMILES string of the molecule is CNC(=O)Nc1cc(Cc2c(N)cccc2C(=O)NOCc2ccc(C)c(F)c2F)ccn1. The highest BCUT2D eigenvalue weighted by Gasteiger charge is 2.16. The maximum atomic E-state index is 14.0. The molecule has 10 heteroatoms. The Kier molecular flexibility index (Phi) is 7.52. The molecule has 0 spiro atoms. The van der Waals surface area contributed by atoms with Gasteiger partial charge in [0.1, 0.15) is 12.4 Å². The highest BCUT2D eigenvalue weighted by molar-refractivity contribution is 5.96. The quantitative estimate of drug-likeness (QED) is 0.321. The fourth-order valence-corrected chi connectivity index (χ4v) is 3.08. The second-order valence-electron chi connectivity index (χ2n) is 7.19. The Hall–Kier alpha value is -4.05. The normalized spacial score (nSPS) is 10.5. The Morgan fingerprint density at radius 1 is 1.12 bits per heavy atom. The topological polar surface area (TPSA) is 118 Å². The van der Waals surface area contributed by atoms with E-state index in [2.05, 4.69) is 21.1 Å². The average molecular weight is 455 g/mol. The van der Waals surface area contributed by atoms with Gasteiger partial charge in [0.2, 0.25) is 0 Å². The predicted molar refractivity (Wildman–Crippen MR) is 119 cm³/mol. The number of halogens is 2. The van der Waals surface area contributed by atoms with Gasteiger partial charge in [0, 0.05) is 36.5 Å². The number of rotatable bonds is 7. The molecule has 3 amide bonds. The first-order valence-electron chi connectivity index (χ1n) is 9.96. The molecule has 0 aliphatic rings. The van der Waals surface area contributed by atoms with Crippen LogP contribution in [-0.4, -0.2) is 24.0 Å². The lowest BCUT2D eigenvalue weighted by Crippen LogP contribution is -2.25. The lowest BCUT2D eigenvalue weighted by atomic mass is 9.98. The molecule has 0 saturated heterocycles. The van der Waals surface area contributed by atoms with Crippen molar-refractivity contribution >= 4 is 23.4 Å². The minimum Gasteiger partial charge on any atom is -0.398 e. The lowest BCUT2D eigenvalue weighted by Gasteiger charge is -2.14. The van der Waals surface area contributed by atoms with E-state index >= 15 is 0 Å². The number of nitrogens with zero attached hydrogens (tertiary/aromatic N) is 1. The van der Waals surface area contributed by atoms with Gasteiger partial charge in [-0.05, 0) is 47.9 Å². The zero-order valence-electron chi connectivity index (χ0n) is 18.0. The van der Waals surface area contributed by atoms with Gasteiger partial charge in [-0.25, -0.2) is 24.0 Å². The van der Waals surface area contributed by atoms with E-state index in [0.29, 0.717) is 17.1 Å². The van der Waals surface area contributed by atoms with Crippen molar-refractivity contribution in [2.45, 2.75) is 20.0 Å². The average Bonchev–Trinajstić information content (AvgIpc) is 2.80. The van der Waals surface area contributed by atoms with Crippen molar-refractivity contribution < 1.29 is 23.2 Å². The first kappa shape index (κ1) is 23.6. The third-order valence-electron chi connectivity index (χ3n) is 4.88. The minimum absolute atomic E-state index is 0.0286. The molecule has 0 aliphatic heterocycles. The second kappa shape index (κ2) is 10.5. The molecular weight excluding hydrogens is 432 g/mol. The second-order valence-corrected chi connectivity index (χ2v) is 7.19. The van der Waals surface area contributed by atoms with Gasteiger partial charge in [0.15, 0.2) is 11.6 Å². The third-order valence-corrected chi connectivity index (χ3v) is 4.88. The molecule has 3 rings (SSSR count). The van der Waals surface area contributed by atoms with Crippen LogP contribution >= 0.6 is 0 Å². The standard InChI is InChI=1S/C23H23F2N5O3/c1-13-6-7-15(21(25)20(13)24)12-33-30-22(31)16-4-3-5-18(26)17(16)10-14-8-9-28-19(11-14)29-23(32)27-2/h3-9,11H,10,12,26H2,1-2H3,(H,30,31)(H2,27,28,29,32). The first-order chi connectivity index (χ1) is 15.8.